The number of anilines is 1. The number of alkyl halides is 2. The molecule has 4 nitrogen and oxygen atoms in total. The van der Waals surface area contributed by atoms with Crippen molar-refractivity contribution in [2.45, 2.75) is 37.5 Å². The Bertz CT molecular complexity index is 316. The second kappa shape index (κ2) is 3.18. The molecule has 2 rings (SSSR count). The molecule has 0 bridgehead atoms. The summed E-state index contributed by atoms with van der Waals surface area (Å²) in [5, 5.41) is 3.43. The summed E-state index contributed by atoms with van der Waals surface area (Å²) >= 11 is 0. The first-order valence-electron chi connectivity index (χ1n) is 4.54. The van der Waals surface area contributed by atoms with Crippen LogP contribution in [0, 0.1) is 0 Å². The molecule has 0 saturated heterocycles. The van der Waals surface area contributed by atoms with Gasteiger partial charge in [-0.15, -0.1) is 0 Å². The minimum Gasteiger partial charge on any atom is -0.365 e. The highest BCUT2D eigenvalue weighted by Crippen LogP contribution is 2.40. The van der Waals surface area contributed by atoms with Crippen molar-refractivity contribution in [3.63, 3.8) is 0 Å². The zero-order valence-corrected chi connectivity index (χ0v) is 7.54. The van der Waals surface area contributed by atoms with Gasteiger partial charge in [-0.1, -0.05) is 0 Å². The van der Waals surface area contributed by atoms with E-state index in [2.05, 4.69) is 10.1 Å². The number of nitrogens with zero attached hydrogens (tertiary/aromatic N) is 2. The standard InChI is InChI=1S/C8H11F2N3O/c9-8(10)3-1-5(2-4-8)6-12-7(11)13-14-6/h5H,1-4H2,(H2,11,13). The molecule has 0 aliphatic heterocycles. The van der Waals surface area contributed by atoms with Crippen LogP contribution in [0.3, 0.4) is 0 Å². The summed E-state index contributed by atoms with van der Waals surface area (Å²) in [7, 11) is 0. The van der Waals surface area contributed by atoms with Crippen molar-refractivity contribution in [3.8, 4) is 0 Å². The van der Waals surface area contributed by atoms with Gasteiger partial charge in [0, 0.05) is 18.8 Å². The second-order valence-corrected chi connectivity index (χ2v) is 3.62. The topological polar surface area (TPSA) is 64.9 Å². The molecule has 2 N–H and O–H groups in total. The molecule has 78 valence electrons. The van der Waals surface area contributed by atoms with Crippen LogP contribution in [0.4, 0.5) is 14.7 Å². The lowest BCUT2D eigenvalue weighted by Crippen LogP contribution is -2.23. The molecule has 1 aromatic heterocycles. The fraction of sp³-hybridized carbons (Fsp3) is 0.750. The highest BCUT2D eigenvalue weighted by atomic mass is 19.3. The smallest absolute Gasteiger partial charge is 0.260 e. The average Bonchev–Trinajstić information content (AvgIpc) is 2.52. The van der Waals surface area contributed by atoms with Crippen molar-refractivity contribution < 1.29 is 13.3 Å². The lowest BCUT2D eigenvalue weighted by Gasteiger charge is -2.25. The Morgan fingerprint density at radius 1 is 1.36 bits per heavy atom. The van der Waals surface area contributed by atoms with Crippen LogP contribution in [0.2, 0.25) is 0 Å². The first-order valence-corrected chi connectivity index (χ1v) is 4.54. The number of hydrogen-bond donors (Lipinski definition) is 1. The average molecular weight is 203 g/mol. The van der Waals surface area contributed by atoms with Gasteiger partial charge in [0.05, 0.1) is 0 Å². The highest BCUT2D eigenvalue weighted by Gasteiger charge is 2.37. The molecule has 1 saturated carbocycles. The predicted octanol–water partition coefficient (Wildman–Crippen LogP) is 1.94. The molecule has 6 heteroatoms. The van der Waals surface area contributed by atoms with Crippen LogP contribution in [-0.4, -0.2) is 16.1 Å². The molecule has 1 heterocycles. The third-order valence-corrected chi connectivity index (χ3v) is 2.52. The maximum Gasteiger partial charge on any atom is 0.260 e. The van der Waals surface area contributed by atoms with Gasteiger partial charge in [-0.3, -0.25) is 0 Å². The molecule has 0 unspecified atom stereocenters. The van der Waals surface area contributed by atoms with Crippen LogP contribution < -0.4 is 5.73 Å². The van der Waals surface area contributed by atoms with E-state index in [0.29, 0.717) is 18.7 Å². The lowest BCUT2D eigenvalue weighted by molar-refractivity contribution is -0.0402. The van der Waals surface area contributed by atoms with E-state index in [1.165, 1.54) is 0 Å². The molecule has 0 atom stereocenters. The van der Waals surface area contributed by atoms with Crippen molar-refractivity contribution in [2.24, 2.45) is 0 Å². The van der Waals surface area contributed by atoms with Gasteiger partial charge in [0.25, 0.3) is 5.95 Å². The number of rotatable bonds is 1. The van der Waals surface area contributed by atoms with Crippen LogP contribution in [0.1, 0.15) is 37.5 Å². The maximum atomic E-state index is 12.8. The number of halogens is 2. The van der Waals surface area contributed by atoms with E-state index in [1.54, 1.807) is 0 Å². The monoisotopic (exact) mass is 203 g/mol. The largest absolute Gasteiger partial charge is 0.365 e. The van der Waals surface area contributed by atoms with Crippen LogP contribution in [-0.2, 0) is 0 Å². The molecule has 0 spiro atoms. The number of nitrogen functional groups attached to an aromatic ring is 1. The molecule has 0 aromatic carbocycles. The molecular weight excluding hydrogens is 192 g/mol. The van der Waals surface area contributed by atoms with E-state index in [1.807, 2.05) is 0 Å². The van der Waals surface area contributed by atoms with Gasteiger partial charge in [-0.05, 0) is 18.0 Å². The summed E-state index contributed by atoms with van der Waals surface area (Å²) in [4.78, 5) is 3.84. The summed E-state index contributed by atoms with van der Waals surface area (Å²) < 4.78 is 30.5. The maximum absolute atomic E-state index is 12.8. The SMILES string of the molecule is Nc1noc(C2CCC(F)(F)CC2)n1. The van der Waals surface area contributed by atoms with Crippen molar-refractivity contribution in [1.82, 2.24) is 10.1 Å². The van der Waals surface area contributed by atoms with E-state index < -0.39 is 5.92 Å². The van der Waals surface area contributed by atoms with E-state index in [4.69, 9.17) is 10.3 Å². The zero-order valence-electron chi connectivity index (χ0n) is 7.54. The van der Waals surface area contributed by atoms with Gasteiger partial charge in [0.1, 0.15) is 0 Å². The van der Waals surface area contributed by atoms with Gasteiger partial charge >= 0.3 is 0 Å². The third kappa shape index (κ3) is 1.83. The number of hydrogen-bond acceptors (Lipinski definition) is 4. The minimum absolute atomic E-state index is 0.0561. The summed E-state index contributed by atoms with van der Waals surface area (Å²) in [5.41, 5.74) is 5.27. The van der Waals surface area contributed by atoms with Crippen molar-refractivity contribution >= 4 is 5.95 Å². The van der Waals surface area contributed by atoms with Gasteiger partial charge in [-0.2, -0.15) is 4.98 Å². The van der Waals surface area contributed by atoms with Crippen molar-refractivity contribution in [3.05, 3.63) is 5.89 Å². The summed E-state index contributed by atoms with van der Waals surface area (Å²) in [5.74, 6) is -2.13. The highest BCUT2D eigenvalue weighted by molar-refractivity contribution is 5.12. The molecule has 0 amide bonds. The van der Waals surface area contributed by atoms with Crippen LogP contribution in [0.25, 0.3) is 0 Å². The Morgan fingerprint density at radius 3 is 2.50 bits per heavy atom. The summed E-state index contributed by atoms with van der Waals surface area (Å²) in [6, 6.07) is 0. The zero-order chi connectivity index (χ0) is 10.2. The number of aromatic nitrogens is 2. The fourth-order valence-electron chi connectivity index (χ4n) is 1.70. The molecule has 0 radical (unpaired) electrons. The Balaban J connectivity index is 2.02. The Morgan fingerprint density at radius 2 is 2.00 bits per heavy atom. The molecule has 1 aliphatic rings. The quantitative estimate of drug-likeness (QED) is 0.757. The van der Waals surface area contributed by atoms with Crippen molar-refractivity contribution in [2.75, 3.05) is 5.73 Å². The van der Waals surface area contributed by atoms with Gasteiger partial charge in [-0.25, -0.2) is 8.78 Å². The second-order valence-electron chi connectivity index (χ2n) is 3.62. The molecule has 1 fully saturated rings. The minimum atomic E-state index is -2.53. The predicted molar refractivity (Wildman–Crippen MR) is 44.9 cm³/mol. The van der Waals surface area contributed by atoms with Crippen LogP contribution >= 0.6 is 0 Å². The van der Waals surface area contributed by atoms with E-state index >= 15 is 0 Å². The van der Waals surface area contributed by atoms with Gasteiger partial charge in [0.2, 0.25) is 11.8 Å². The molecule has 1 aromatic rings. The first kappa shape index (κ1) is 9.36. The van der Waals surface area contributed by atoms with Gasteiger partial charge in [0.15, 0.2) is 0 Å². The summed E-state index contributed by atoms with van der Waals surface area (Å²) in [6.45, 7) is 0. The van der Waals surface area contributed by atoms with E-state index in [-0.39, 0.29) is 24.7 Å². The Labute approximate surface area is 79.5 Å². The lowest BCUT2D eigenvalue weighted by atomic mass is 9.87. The molecular formula is C8H11F2N3O. The Hall–Kier alpha value is -1.20. The summed E-state index contributed by atoms with van der Waals surface area (Å²) in [6.07, 6.45) is 0.545. The van der Waals surface area contributed by atoms with Crippen LogP contribution in [0.15, 0.2) is 4.52 Å². The van der Waals surface area contributed by atoms with E-state index in [9.17, 15) is 8.78 Å². The van der Waals surface area contributed by atoms with E-state index in [0.717, 1.165) is 0 Å². The van der Waals surface area contributed by atoms with Crippen LogP contribution in [0.5, 0.6) is 0 Å². The Kier molecular flexibility index (Phi) is 2.13. The molecule has 14 heavy (non-hydrogen) atoms. The number of nitrogens with two attached hydrogens (primary N) is 1. The van der Waals surface area contributed by atoms with Crippen molar-refractivity contribution in [1.29, 1.82) is 0 Å². The fourth-order valence-corrected chi connectivity index (χ4v) is 1.70. The van der Waals surface area contributed by atoms with Gasteiger partial charge < -0.3 is 10.3 Å². The first-order chi connectivity index (χ1) is 6.57. The molecule has 1 aliphatic carbocycles. The third-order valence-electron chi connectivity index (χ3n) is 2.52. The normalized spacial score (nSPS) is 22.4.